The molecule has 1 heterocycles. The number of benzene rings is 1. The zero-order chi connectivity index (χ0) is 14.8. The summed E-state index contributed by atoms with van der Waals surface area (Å²) in [6, 6.07) is 9.43. The quantitative estimate of drug-likeness (QED) is 0.835. The van der Waals surface area contributed by atoms with Gasteiger partial charge in [0.1, 0.15) is 0 Å². The largest absolute Gasteiger partial charge is 0.396 e. The van der Waals surface area contributed by atoms with E-state index in [-0.39, 0.29) is 36.2 Å². The first-order valence-electron chi connectivity index (χ1n) is 6.94. The topological polar surface area (TPSA) is 57.6 Å². The third kappa shape index (κ3) is 3.07. The molecule has 1 aliphatic rings. The Hall–Kier alpha value is -1.68. The van der Waals surface area contributed by atoms with E-state index in [1.54, 1.807) is 0 Å². The minimum atomic E-state index is -0.353. The van der Waals surface area contributed by atoms with Crippen molar-refractivity contribution < 1.29 is 14.7 Å². The molecule has 1 aromatic rings. The Morgan fingerprint density at radius 2 is 1.90 bits per heavy atom. The smallest absolute Gasteiger partial charge is 0.237 e. The molecule has 0 saturated carbocycles. The second-order valence-corrected chi connectivity index (χ2v) is 6.12. The van der Waals surface area contributed by atoms with E-state index in [4.69, 9.17) is 5.11 Å². The van der Waals surface area contributed by atoms with Crippen molar-refractivity contribution in [1.29, 1.82) is 0 Å². The van der Waals surface area contributed by atoms with Crippen LogP contribution in [0, 0.1) is 5.41 Å². The highest BCUT2D eigenvalue weighted by Crippen LogP contribution is 2.32. The number of hydrogen-bond donors (Lipinski definition) is 1. The lowest BCUT2D eigenvalue weighted by Gasteiger charge is -2.28. The van der Waals surface area contributed by atoms with Gasteiger partial charge in [-0.1, -0.05) is 44.2 Å². The highest BCUT2D eigenvalue weighted by Gasteiger charge is 2.41. The number of carbonyl (C=O) groups is 2. The van der Waals surface area contributed by atoms with Crippen LogP contribution >= 0.6 is 0 Å². The van der Waals surface area contributed by atoms with Crippen LogP contribution in [0.4, 0.5) is 0 Å². The second-order valence-electron chi connectivity index (χ2n) is 6.12. The summed E-state index contributed by atoms with van der Waals surface area (Å²) in [6.45, 7) is 4.35. The maximum atomic E-state index is 12.4. The SMILES string of the molecule is CC(C)(CCO)CN1C(=O)CC(c2ccccc2)C1=O. The Kier molecular flexibility index (Phi) is 4.23. The lowest BCUT2D eigenvalue weighted by atomic mass is 9.89. The van der Waals surface area contributed by atoms with E-state index in [0.29, 0.717) is 13.0 Å². The van der Waals surface area contributed by atoms with Gasteiger partial charge in [-0.3, -0.25) is 14.5 Å². The first kappa shape index (κ1) is 14.7. The first-order chi connectivity index (χ1) is 9.44. The third-order valence-electron chi connectivity index (χ3n) is 3.82. The number of carbonyl (C=O) groups excluding carboxylic acids is 2. The van der Waals surface area contributed by atoms with Crippen molar-refractivity contribution >= 4 is 11.8 Å². The molecule has 0 radical (unpaired) electrons. The van der Waals surface area contributed by atoms with Gasteiger partial charge >= 0.3 is 0 Å². The molecule has 1 saturated heterocycles. The highest BCUT2D eigenvalue weighted by atomic mass is 16.3. The molecule has 1 atom stereocenters. The standard InChI is InChI=1S/C16H21NO3/c1-16(2,8-9-18)11-17-14(19)10-13(15(17)20)12-6-4-3-5-7-12/h3-7,13,18H,8-11H2,1-2H3. The zero-order valence-electron chi connectivity index (χ0n) is 12.0. The summed E-state index contributed by atoms with van der Waals surface area (Å²) in [5.74, 6) is -0.587. The summed E-state index contributed by atoms with van der Waals surface area (Å²) in [7, 11) is 0. The Morgan fingerprint density at radius 1 is 1.25 bits per heavy atom. The summed E-state index contributed by atoms with van der Waals surface area (Å²) in [4.78, 5) is 25.9. The van der Waals surface area contributed by atoms with E-state index in [2.05, 4.69) is 0 Å². The van der Waals surface area contributed by atoms with Crippen molar-refractivity contribution in [2.24, 2.45) is 5.41 Å². The average Bonchev–Trinajstić information content (AvgIpc) is 2.67. The van der Waals surface area contributed by atoms with Crippen LogP contribution in [0.25, 0.3) is 0 Å². The van der Waals surface area contributed by atoms with Crippen molar-refractivity contribution in [2.75, 3.05) is 13.2 Å². The van der Waals surface area contributed by atoms with E-state index in [1.165, 1.54) is 4.90 Å². The van der Waals surface area contributed by atoms with E-state index in [9.17, 15) is 9.59 Å². The molecule has 1 aromatic carbocycles. The molecule has 20 heavy (non-hydrogen) atoms. The molecular formula is C16H21NO3. The molecule has 108 valence electrons. The van der Waals surface area contributed by atoms with Gasteiger partial charge in [0, 0.05) is 19.6 Å². The fourth-order valence-electron chi connectivity index (χ4n) is 2.60. The van der Waals surface area contributed by atoms with Crippen LogP contribution < -0.4 is 0 Å². The Morgan fingerprint density at radius 3 is 2.50 bits per heavy atom. The Labute approximate surface area is 119 Å². The molecule has 0 bridgehead atoms. The molecule has 4 nitrogen and oxygen atoms in total. The Bertz CT molecular complexity index is 496. The van der Waals surface area contributed by atoms with Crippen LogP contribution in [0.2, 0.25) is 0 Å². The van der Waals surface area contributed by atoms with Crippen LogP contribution in [0.1, 0.15) is 38.2 Å². The second kappa shape index (κ2) is 5.75. The molecule has 0 aliphatic carbocycles. The third-order valence-corrected chi connectivity index (χ3v) is 3.82. The van der Waals surface area contributed by atoms with E-state index in [1.807, 2.05) is 44.2 Å². The molecule has 1 fully saturated rings. The predicted molar refractivity (Wildman–Crippen MR) is 76.0 cm³/mol. The Balaban J connectivity index is 2.14. The number of likely N-dealkylation sites (tertiary alicyclic amines) is 1. The fourth-order valence-corrected chi connectivity index (χ4v) is 2.60. The zero-order valence-corrected chi connectivity index (χ0v) is 12.0. The molecule has 1 aliphatic heterocycles. The van der Waals surface area contributed by atoms with Crippen LogP contribution in [0.15, 0.2) is 30.3 Å². The number of hydrogen-bond acceptors (Lipinski definition) is 3. The highest BCUT2D eigenvalue weighted by molar-refractivity contribution is 6.06. The molecule has 2 rings (SSSR count). The maximum Gasteiger partial charge on any atom is 0.237 e. The molecule has 0 aromatic heterocycles. The van der Waals surface area contributed by atoms with Crippen molar-refractivity contribution in [2.45, 2.75) is 32.6 Å². The number of nitrogens with zero attached hydrogens (tertiary/aromatic N) is 1. The van der Waals surface area contributed by atoms with Crippen molar-refractivity contribution in [3.05, 3.63) is 35.9 Å². The molecule has 2 amide bonds. The van der Waals surface area contributed by atoms with Gasteiger partial charge in [-0.15, -0.1) is 0 Å². The van der Waals surface area contributed by atoms with Crippen molar-refractivity contribution in [3.8, 4) is 0 Å². The minimum Gasteiger partial charge on any atom is -0.396 e. The van der Waals surface area contributed by atoms with Crippen molar-refractivity contribution in [3.63, 3.8) is 0 Å². The summed E-state index contributed by atoms with van der Waals surface area (Å²) >= 11 is 0. The van der Waals surface area contributed by atoms with Crippen LogP contribution in [-0.4, -0.2) is 35.0 Å². The van der Waals surface area contributed by atoms with E-state index < -0.39 is 0 Å². The van der Waals surface area contributed by atoms with Gasteiger partial charge in [0.2, 0.25) is 11.8 Å². The molecule has 0 spiro atoms. The van der Waals surface area contributed by atoms with Gasteiger partial charge in [-0.05, 0) is 17.4 Å². The van der Waals surface area contributed by atoms with Gasteiger partial charge in [-0.25, -0.2) is 0 Å². The number of imide groups is 1. The predicted octanol–water partition coefficient (Wildman–Crippen LogP) is 1.94. The van der Waals surface area contributed by atoms with Gasteiger partial charge in [0.05, 0.1) is 5.92 Å². The minimum absolute atomic E-state index is 0.0608. The van der Waals surface area contributed by atoms with E-state index >= 15 is 0 Å². The number of aliphatic hydroxyl groups excluding tert-OH is 1. The molecule has 1 N–H and O–H groups in total. The summed E-state index contributed by atoms with van der Waals surface area (Å²) < 4.78 is 0. The lowest BCUT2D eigenvalue weighted by molar-refractivity contribution is -0.140. The number of aliphatic hydroxyl groups is 1. The summed E-state index contributed by atoms with van der Waals surface area (Å²) in [5, 5.41) is 9.05. The first-order valence-corrected chi connectivity index (χ1v) is 6.94. The van der Waals surface area contributed by atoms with Gasteiger partial charge in [0.15, 0.2) is 0 Å². The monoisotopic (exact) mass is 275 g/mol. The molecule has 4 heteroatoms. The van der Waals surface area contributed by atoms with Crippen LogP contribution in [0.5, 0.6) is 0 Å². The summed E-state index contributed by atoms with van der Waals surface area (Å²) in [5.41, 5.74) is 0.638. The fraction of sp³-hybridized carbons (Fsp3) is 0.500. The maximum absolute atomic E-state index is 12.4. The van der Waals surface area contributed by atoms with Crippen LogP contribution in [-0.2, 0) is 9.59 Å². The average molecular weight is 275 g/mol. The summed E-state index contributed by atoms with van der Waals surface area (Å²) in [6.07, 6.45) is 0.818. The van der Waals surface area contributed by atoms with Gasteiger partial charge < -0.3 is 5.11 Å². The van der Waals surface area contributed by atoms with Crippen LogP contribution in [0.3, 0.4) is 0 Å². The number of rotatable bonds is 5. The molecule has 1 unspecified atom stereocenters. The molecular weight excluding hydrogens is 254 g/mol. The van der Waals surface area contributed by atoms with Gasteiger partial charge in [0.25, 0.3) is 0 Å². The normalized spacial score (nSPS) is 19.8. The van der Waals surface area contributed by atoms with Crippen molar-refractivity contribution in [1.82, 2.24) is 4.90 Å². The van der Waals surface area contributed by atoms with E-state index in [0.717, 1.165) is 5.56 Å². The number of amides is 2. The van der Waals surface area contributed by atoms with Gasteiger partial charge in [-0.2, -0.15) is 0 Å². The lowest BCUT2D eigenvalue weighted by Crippen LogP contribution is -2.39.